The maximum Gasteiger partial charge on any atom is 0.307 e. The van der Waals surface area contributed by atoms with E-state index in [9.17, 15) is 14.7 Å². The van der Waals surface area contributed by atoms with E-state index in [1.807, 2.05) is 43.0 Å². The van der Waals surface area contributed by atoms with E-state index < -0.39 is 5.97 Å². The van der Waals surface area contributed by atoms with Gasteiger partial charge in [0.25, 0.3) is 5.91 Å². The smallest absolute Gasteiger partial charge is 0.307 e. The van der Waals surface area contributed by atoms with Gasteiger partial charge in [-0.25, -0.2) is 4.98 Å². The van der Waals surface area contributed by atoms with E-state index in [2.05, 4.69) is 23.3 Å². The van der Waals surface area contributed by atoms with E-state index >= 15 is 0 Å². The van der Waals surface area contributed by atoms with Crippen LogP contribution in [0.15, 0.2) is 35.7 Å². The van der Waals surface area contributed by atoms with Crippen molar-refractivity contribution in [3.63, 3.8) is 0 Å². The van der Waals surface area contributed by atoms with Crippen LogP contribution in [0, 0.1) is 38.5 Å². The molecule has 9 heteroatoms. The molecule has 0 radical (unpaired) electrons. The minimum Gasteiger partial charge on any atom is -0.488 e. The molecule has 41 heavy (non-hydrogen) atoms. The molecule has 0 unspecified atom stereocenters. The van der Waals surface area contributed by atoms with Crippen LogP contribution in [-0.2, 0) is 16.1 Å². The number of amides is 1. The van der Waals surface area contributed by atoms with Gasteiger partial charge in [-0.05, 0) is 86.4 Å². The first-order valence-electron chi connectivity index (χ1n) is 14.4. The molecule has 3 heterocycles. The maximum absolute atomic E-state index is 13.0. The number of ether oxygens (including phenoxy) is 2. The monoisotopic (exact) mass is 575 g/mol. The number of aliphatic carboxylic acids is 1. The van der Waals surface area contributed by atoms with Crippen molar-refractivity contribution in [3.05, 3.63) is 63.5 Å². The number of hydrogen-bond donors (Lipinski definition) is 1. The predicted octanol–water partition coefficient (Wildman–Crippen LogP) is 5.33. The second kappa shape index (κ2) is 11.4. The number of carbonyl (C=O) groups excluding carboxylic acids is 1. The van der Waals surface area contributed by atoms with Gasteiger partial charge in [-0.1, -0.05) is 11.6 Å². The summed E-state index contributed by atoms with van der Waals surface area (Å²) in [5.41, 5.74) is 6.79. The topological polar surface area (TPSA) is 92.2 Å². The highest BCUT2D eigenvalue weighted by Gasteiger charge is 2.46. The van der Waals surface area contributed by atoms with E-state index in [4.69, 9.17) is 14.5 Å². The van der Waals surface area contributed by atoms with Crippen molar-refractivity contribution in [1.82, 2.24) is 9.88 Å². The molecule has 1 N–H and O–H groups in total. The second-order valence-electron chi connectivity index (χ2n) is 11.7. The summed E-state index contributed by atoms with van der Waals surface area (Å²) >= 11 is 1.61. The highest BCUT2D eigenvalue weighted by atomic mass is 32.1. The average Bonchev–Trinajstić information content (AvgIpc) is 3.56. The second-order valence-corrected chi connectivity index (χ2v) is 12.5. The molecule has 2 bridgehead atoms. The van der Waals surface area contributed by atoms with Crippen LogP contribution < -0.4 is 9.64 Å². The van der Waals surface area contributed by atoms with Crippen molar-refractivity contribution in [2.24, 2.45) is 17.8 Å². The number of piperidine rings is 1. The summed E-state index contributed by atoms with van der Waals surface area (Å²) < 4.78 is 11.8. The van der Waals surface area contributed by atoms with Gasteiger partial charge in [-0.3, -0.25) is 9.59 Å². The summed E-state index contributed by atoms with van der Waals surface area (Å²) in [4.78, 5) is 33.9. The van der Waals surface area contributed by atoms with Crippen LogP contribution in [0.3, 0.4) is 0 Å². The third-order valence-corrected chi connectivity index (χ3v) is 9.81. The zero-order valence-corrected chi connectivity index (χ0v) is 24.7. The predicted molar refractivity (Wildman–Crippen MR) is 159 cm³/mol. The minimum absolute atomic E-state index is 0.0484. The summed E-state index contributed by atoms with van der Waals surface area (Å²) in [6, 6.07) is 10.1. The van der Waals surface area contributed by atoms with Crippen LogP contribution in [-0.4, -0.2) is 66.3 Å². The van der Waals surface area contributed by atoms with Gasteiger partial charge < -0.3 is 24.4 Å². The summed E-state index contributed by atoms with van der Waals surface area (Å²) in [5.74, 6) is 0.331. The lowest BCUT2D eigenvalue weighted by molar-refractivity contribution is -0.144. The Balaban J connectivity index is 1.18. The van der Waals surface area contributed by atoms with E-state index in [-0.39, 0.29) is 23.7 Å². The number of carbonyl (C=O) groups is 2. The molecule has 3 aliphatic rings. The largest absolute Gasteiger partial charge is 0.488 e. The van der Waals surface area contributed by atoms with E-state index in [1.54, 1.807) is 11.3 Å². The number of carboxylic acid groups (broad SMARTS) is 1. The van der Waals surface area contributed by atoms with Crippen molar-refractivity contribution in [3.8, 4) is 17.0 Å². The Morgan fingerprint density at radius 3 is 2.39 bits per heavy atom. The van der Waals surface area contributed by atoms with Crippen molar-refractivity contribution >= 4 is 28.3 Å². The molecular weight excluding hydrogens is 538 g/mol. The molecule has 3 atom stereocenters. The fraction of sp³-hybridized carbons (Fsp3) is 0.469. The minimum atomic E-state index is -0.651. The molecule has 2 saturated heterocycles. The third kappa shape index (κ3) is 5.57. The van der Waals surface area contributed by atoms with Crippen molar-refractivity contribution in [2.75, 3.05) is 44.3 Å². The highest BCUT2D eigenvalue weighted by molar-refractivity contribution is 7.14. The highest BCUT2D eigenvalue weighted by Crippen LogP contribution is 2.44. The number of carboxylic acids is 1. The van der Waals surface area contributed by atoms with Crippen LogP contribution in [0.25, 0.3) is 11.3 Å². The number of thiazole rings is 1. The van der Waals surface area contributed by atoms with Gasteiger partial charge in [0.2, 0.25) is 0 Å². The van der Waals surface area contributed by atoms with Gasteiger partial charge in [0, 0.05) is 42.7 Å². The molecular formula is C32H37N3O5S. The Labute approximate surface area is 244 Å². The number of nitrogens with zero attached hydrogens (tertiary/aromatic N) is 3. The number of benzene rings is 2. The summed E-state index contributed by atoms with van der Waals surface area (Å²) in [6.45, 7) is 10.4. The maximum atomic E-state index is 13.0. The van der Waals surface area contributed by atoms with Crippen molar-refractivity contribution in [2.45, 2.75) is 40.2 Å². The first kappa shape index (κ1) is 27.7. The summed E-state index contributed by atoms with van der Waals surface area (Å²) in [5, 5.41) is 12.7. The quantitative estimate of drug-likeness (QED) is 0.407. The first-order chi connectivity index (χ1) is 19.8. The van der Waals surface area contributed by atoms with E-state index in [0.29, 0.717) is 38.5 Å². The Morgan fingerprint density at radius 2 is 1.73 bits per heavy atom. The number of fused-ring (bicyclic) bond motifs is 2. The Kier molecular flexibility index (Phi) is 7.74. The Bertz CT molecular complexity index is 1430. The Hall–Kier alpha value is -3.43. The fourth-order valence-corrected chi connectivity index (χ4v) is 7.57. The van der Waals surface area contributed by atoms with Gasteiger partial charge in [-0.2, -0.15) is 0 Å². The molecule has 2 aliphatic heterocycles. The van der Waals surface area contributed by atoms with Crippen molar-refractivity contribution in [1.29, 1.82) is 0 Å². The van der Waals surface area contributed by atoms with Gasteiger partial charge in [0.15, 0.2) is 5.13 Å². The van der Waals surface area contributed by atoms with Gasteiger partial charge in [0.05, 0.1) is 24.8 Å². The zero-order valence-electron chi connectivity index (χ0n) is 23.9. The zero-order chi connectivity index (χ0) is 28.7. The number of anilines is 1. The number of aromatic nitrogens is 1. The SMILES string of the molecule is Cc1ccc(OCc2c(C)cc(C(=O)N3CCOCC3)cc2C)c(-c2csc(N3C[C@H]4CC[C@@H](C3)[C@H]4C(=O)O)n2)c1. The molecule has 1 amide bonds. The van der Waals surface area contributed by atoms with Crippen LogP contribution in [0.5, 0.6) is 5.75 Å². The van der Waals surface area contributed by atoms with Crippen LogP contribution >= 0.6 is 11.3 Å². The lowest BCUT2D eigenvalue weighted by Crippen LogP contribution is -2.44. The van der Waals surface area contributed by atoms with Crippen LogP contribution in [0.1, 0.15) is 45.5 Å². The summed E-state index contributed by atoms with van der Waals surface area (Å²) in [7, 11) is 0. The van der Waals surface area contributed by atoms with Crippen molar-refractivity contribution < 1.29 is 24.2 Å². The molecule has 3 aromatic rings. The normalized spacial score (nSPS) is 22.2. The molecule has 3 fully saturated rings. The van der Waals surface area contributed by atoms with E-state index in [1.165, 1.54) is 0 Å². The molecule has 1 aliphatic carbocycles. The number of rotatable bonds is 7. The molecule has 8 nitrogen and oxygen atoms in total. The fourth-order valence-electron chi connectivity index (χ4n) is 6.73. The van der Waals surface area contributed by atoms with Gasteiger partial charge >= 0.3 is 5.97 Å². The number of morpholine rings is 1. The standard InChI is InChI=1S/C32H37N3O5S/c1-19-4-7-28(40-17-26-20(2)13-24(14-21(26)3)30(36)34-8-10-39-11-9-34)25(12-19)27-18-41-32(33-27)35-15-22-5-6-23(16-35)29(22)31(37)38/h4,7,12-14,18,22-23,29H,5-6,8-11,15-17H2,1-3H3,(H,37,38)/t22-,23+,29+. The third-order valence-electron chi connectivity index (χ3n) is 8.91. The Morgan fingerprint density at radius 1 is 1.05 bits per heavy atom. The lowest BCUT2D eigenvalue weighted by atomic mass is 9.85. The average molecular weight is 576 g/mol. The van der Waals surface area contributed by atoms with E-state index in [0.717, 1.165) is 70.3 Å². The molecule has 216 valence electrons. The first-order valence-corrected chi connectivity index (χ1v) is 15.3. The number of hydrogen-bond acceptors (Lipinski definition) is 7. The lowest BCUT2D eigenvalue weighted by Gasteiger charge is -2.35. The molecule has 1 saturated carbocycles. The molecule has 6 rings (SSSR count). The van der Waals surface area contributed by atoms with Crippen LogP contribution in [0.2, 0.25) is 0 Å². The van der Waals surface area contributed by atoms with Gasteiger partial charge in [0.1, 0.15) is 12.4 Å². The van der Waals surface area contributed by atoms with Gasteiger partial charge in [-0.15, -0.1) is 11.3 Å². The summed E-state index contributed by atoms with van der Waals surface area (Å²) in [6.07, 6.45) is 1.96. The molecule has 0 spiro atoms. The molecule has 2 aromatic carbocycles. The number of aryl methyl sites for hydroxylation is 3. The van der Waals surface area contributed by atoms with Crippen LogP contribution in [0.4, 0.5) is 5.13 Å². The molecule has 1 aromatic heterocycles.